The molecule has 0 aliphatic heterocycles. The zero-order valence-corrected chi connectivity index (χ0v) is 13.3. The summed E-state index contributed by atoms with van der Waals surface area (Å²) in [6.07, 6.45) is 1.02. The average Bonchev–Trinajstić information content (AvgIpc) is 2.46. The largest absolute Gasteiger partial charge is 0.306 e. The van der Waals surface area contributed by atoms with Gasteiger partial charge in [0.25, 0.3) is 0 Å². The lowest BCUT2D eigenvalue weighted by atomic mass is 9.94. The number of halogens is 1. The lowest BCUT2D eigenvalue weighted by Gasteiger charge is -2.21. The highest BCUT2D eigenvalue weighted by atomic mass is 19.1. The molecule has 0 aromatic heterocycles. The molecule has 0 fully saturated rings. The number of rotatable bonds is 5. The topological polar surface area (TPSA) is 12.0 Å². The summed E-state index contributed by atoms with van der Waals surface area (Å²) in [5.74, 6) is -0.146. The van der Waals surface area contributed by atoms with Gasteiger partial charge in [0.15, 0.2) is 0 Å². The summed E-state index contributed by atoms with van der Waals surface area (Å²) in [5.41, 5.74) is 5.43. The summed E-state index contributed by atoms with van der Waals surface area (Å²) in [6, 6.07) is 11.6. The van der Waals surface area contributed by atoms with Crippen LogP contribution in [-0.4, -0.2) is 6.54 Å². The molecule has 0 aliphatic rings. The Morgan fingerprint density at radius 1 is 1.00 bits per heavy atom. The average molecular weight is 285 g/mol. The van der Waals surface area contributed by atoms with E-state index in [9.17, 15) is 4.39 Å². The van der Waals surface area contributed by atoms with Gasteiger partial charge in [-0.25, -0.2) is 4.39 Å². The molecule has 0 amide bonds. The molecule has 0 aliphatic carbocycles. The van der Waals surface area contributed by atoms with Crippen molar-refractivity contribution in [3.63, 3.8) is 0 Å². The SMILES string of the molecule is CCCNC(c1ccc(C)c(C)c1)c1cc(C)ccc1F. The molecular formula is C19H24FN. The van der Waals surface area contributed by atoms with E-state index in [0.29, 0.717) is 0 Å². The normalized spacial score (nSPS) is 12.4. The maximum absolute atomic E-state index is 14.3. The van der Waals surface area contributed by atoms with Crippen molar-refractivity contribution in [1.82, 2.24) is 5.32 Å². The monoisotopic (exact) mass is 285 g/mol. The van der Waals surface area contributed by atoms with Gasteiger partial charge in [0.05, 0.1) is 6.04 Å². The zero-order valence-electron chi connectivity index (χ0n) is 13.3. The molecule has 0 spiro atoms. The molecule has 0 saturated carbocycles. The molecule has 2 aromatic carbocycles. The van der Waals surface area contributed by atoms with Crippen LogP contribution in [0.3, 0.4) is 0 Å². The molecule has 1 N–H and O–H groups in total. The molecule has 2 rings (SSSR count). The molecule has 112 valence electrons. The second-order valence-corrected chi connectivity index (χ2v) is 5.76. The van der Waals surface area contributed by atoms with Gasteiger partial charge in [0.1, 0.15) is 5.82 Å². The van der Waals surface area contributed by atoms with Gasteiger partial charge in [0, 0.05) is 5.56 Å². The Labute approximate surface area is 127 Å². The summed E-state index contributed by atoms with van der Waals surface area (Å²) in [5, 5.41) is 3.48. The first-order chi connectivity index (χ1) is 10.0. The van der Waals surface area contributed by atoms with Gasteiger partial charge in [-0.3, -0.25) is 0 Å². The summed E-state index contributed by atoms with van der Waals surface area (Å²) in [6.45, 7) is 9.19. The van der Waals surface area contributed by atoms with Crippen LogP contribution in [0.1, 0.15) is 47.2 Å². The molecule has 0 bridgehead atoms. The van der Waals surface area contributed by atoms with Crippen molar-refractivity contribution in [2.45, 2.75) is 40.2 Å². The highest BCUT2D eigenvalue weighted by Crippen LogP contribution is 2.27. The van der Waals surface area contributed by atoms with E-state index >= 15 is 0 Å². The van der Waals surface area contributed by atoms with E-state index in [4.69, 9.17) is 0 Å². The highest BCUT2D eigenvalue weighted by molar-refractivity contribution is 5.38. The van der Waals surface area contributed by atoms with Crippen LogP contribution in [-0.2, 0) is 0 Å². The lowest BCUT2D eigenvalue weighted by molar-refractivity contribution is 0.546. The number of nitrogens with one attached hydrogen (secondary N) is 1. The van der Waals surface area contributed by atoms with Gasteiger partial charge in [-0.05, 0) is 56.5 Å². The predicted molar refractivity (Wildman–Crippen MR) is 87.2 cm³/mol. The van der Waals surface area contributed by atoms with E-state index in [2.05, 4.69) is 44.3 Å². The van der Waals surface area contributed by atoms with E-state index in [1.165, 1.54) is 11.1 Å². The quantitative estimate of drug-likeness (QED) is 0.829. The Morgan fingerprint density at radius 3 is 2.43 bits per heavy atom. The summed E-state index contributed by atoms with van der Waals surface area (Å²) in [7, 11) is 0. The molecule has 1 unspecified atom stereocenters. The number of hydrogen-bond acceptors (Lipinski definition) is 1. The number of hydrogen-bond donors (Lipinski definition) is 1. The Balaban J connectivity index is 2.46. The minimum absolute atomic E-state index is 0.0934. The minimum atomic E-state index is -0.146. The van der Waals surface area contributed by atoms with Crippen molar-refractivity contribution in [1.29, 1.82) is 0 Å². The first-order valence-electron chi connectivity index (χ1n) is 7.59. The number of benzene rings is 2. The molecular weight excluding hydrogens is 261 g/mol. The fourth-order valence-electron chi connectivity index (χ4n) is 2.52. The van der Waals surface area contributed by atoms with Gasteiger partial charge in [-0.15, -0.1) is 0 Å². The van der Waals surface area contributed by atoms with E-state index in [1.54, 1.807) is 6.07 Å². The summed E-state index contributed by atoms with van der Waals surface area (Å²) < 4.78 is 14.3. The Kier molecular flexibility index (Phi) is 5.13. The van der Waals surface area contributed by atoms with Crippen LogP contribution in [0.2, 0.25) is 0 Å². The Morgan fingerprint density at radius 2 is 1.76 bits per heavy atom. The smallest absolute Gasteiger partial charge is 0.128 e. The molecule has 2 aromatic rings. The Hall–Kier alpha value is -1.67. The fourth-order valence-corrected chi connectivity index (χ4v) is 2.52. The van der Waals surface area contributed by atoms with Crippen molar-refractivity contribution in [2.75, 3.05) is 6.54 Å². The van der Waals surface area contributed by atoms with Crippen molar-refractivity contribution < 1.29 is 4.39 Å². The van der Waals surface area contributed by atoms with Crippen LogP contribution in [0, 0.1) is 26.6 Å². The second-order valence-electron chi connectivity index (χ2n) is 5.76. The van der Waals surface area contributed by atoms with Crippen molar-refractivity contribution in [3.05, 3.63) is 70.0 Å². The van der Waals surface area contributed by atoms with E-state index in [-0.39, 0.29) is 11.9 Å². The molecule has 0 radical (unpaired) electrons. The van der Waals surface area contributed by atoms with Crippen molar-refractivity contribution in [2.24, 2.45) is 0 Å². The first kappa shape index (κ1) is 15.7. The Bertz CT molecular complexity index is 619. The van der Waals surface area contributed by atoms with Crippen LogP contribution in [0.15, 0.2) is 36.4 Å². The molecule has 0 heterocycles. The van der Waals surface area contributed by atoms with E-state index in [0.717, 1.165) is 29.7 Å². The highest BCUT2D eigenvalue weighted by Gasteiger charge is 2.17. The second kappa shape index (κ2) is 6.86. The summed E-state index contributed by atoms with van der Waals surface area (Å²) >= 11 is 0. The fraction of sp³-hybridized carbons (Fsp3) is 0.368. The predicted octanol–water partition coefficient (Wildman–Crippen LogP) is 4.84. The standard InChI is InChI=1S/C19H24FN/c1-5-10-21-19(16-8-7-14(3)15(4)12-16)17-11-13(2)6-9-18(17)20/h6-9,11-12,19,21H,5,10H2,1-4H3. The van der Waals surface area contributed by atoms with Crippen LogP contribution in [0.5, 0.6) is 0 Å². The van der Waals surface area contributed by atoms with E-state index in [1.807, 2.05) is 19.1 Å². The zero-order chi connectivity index (χ0) is 15.4. The third-order valence-corrected chi connectivity index (χ3v) is 3.93. The lowest BCUT2D eigenvalue weighted by Crippen LogP contribution is -2.24. The first-order valence-corrected chi connectivity index (χ1v) is 7.59. The van der Waals surface area contributed by atoms with Crippen LogP contribution in [0.4, 0.5) is 4.39 Å². The third-order valence-electron chi connectivity index (χ3n) is 3.93. The van der Waals surface area contributed by atoms with Crippen LogP contribution < -0.4 is 5.32 Å². The maximum atomic E-state index is 14.3. The molecule has 0 saturated heterocycles. The molecule has 21 heavy (non-hydrogen) atoms. The van der Waals surface area contributed by atoms with Crippen LogP contribution >= 0.6 is 0 Å². The third kappa shape index (κ3) is 3.70. The maximum Gasteiger partial charge on any atom is 0.128 e. The number of aryl methyl sites for hydroxylation is 3. The van der Waals surface area contributed by atoms with Gasteiger partial charge in [-0.1, -0.05) is 42.8 Å². The molecule has 1 atom stereocenters. The van der Waals surface area contributed by atoms with Gasteiger partial charge in [-0.2, -0.15) is 0 Å². The van der Waals surface area contributed by atoms with Gasteiger partial charge >= 0.3 is 0 Å². The van der Waals surface area contributed by atoms with E-state index < -0.39 is 0 Å². The molecule has 1 nitrogen and oxygen atoms in total. The van der Waals surface area contributed by atoms with Crippen molar-refractivity contribution in [3.8, 4) is 0 Å². The van der Waals surface area contributed by atoms with Gasteiger partial charge in [0.2, 0.25) is 0 Å². The molecule has 2 heteroatoms. The van der Waals surface area contributed by atoms with Crippen molar-refractivity contribution >= 4 is 0 Å². The minimum Gasteiger partial charge on any atom is -0.306 e. The summed E-state index contributed by atoms with van der Waals surface area (Å²) in [4.78, 5) is 0. The van der Waals surface area contributed by atoms with Crippen LogP contribution in [0.25, 0.3) is 0 Å². The van der Waals surface area contributed by atoms with Gasteiger partial charge < -0.3 is 5.32 Å².